The fraction of sp³-hybridized carbons (Fsp3) is 0.485. The van der Waals surface area contributed by atoms with Crippen molar-refractivity contribution in [2.45, 2.75) is 71.2 Å². The van der Waals surface area contributed by atoms with Gasteiger partial charge in [0, 0.05) is 67.8 Å². The number of hydrogen-bond acceptors (Lipinski definition) is 7. The predicted molar refractivity (Wildman–Crippen MR) is 164 cm³/mol. The Balaban J connectivity index is 1.18. The molecule has 2 aliphatic rings. The van der Waals surface area contributed by atoms with Crippen molar-refractivity contribution < 1.29 is 9.53 Å². The third-order valence-electron chi connectivity index (χ3n) is 7.91. The minimum atomic E-state index is -0.494. The molecule has 2 fully saturated rings. The average Bonchev–Trinajstić information content (AvgIpc) is 2.94. The van der Waals surface area contributed by atoms with E-state index in [2.05, 4.69) is 74.8 Å². The lowest BCUT2D eigenvalue weighted by Crippen LogP contribution is -2.49. The number of fused-ring (bicyclic) bond motifs is 1. The fourth-order valence-electron chi connectivity index (χ4n) is 6.11. The number of alkyl carbamates (subject to hydrolysis) is 1. The molecule has 3 heterocycles. The van der Waals surface area contributed by atoms with E-state index in [1.54, 1.807) is 6.20 Å². The largest absolute Gasteiger partial charge is 0.444 e. The van der Waals surface area contributed by atoms with Crippen LogP contribution >= 0.6 is 0 Å². The second kappa shape index (κ2) is 12.4. The molecule has 2 N–H and O–H groups in total. The van der Waals surface area contributed by atoms with E-state index in [9.17, 15) is 10.1 Å². The van der Waals surface area contributed by atoms with E-state index in [0.717, 1.165) is 68.6 Å². The number of carbonyl (C=O) groups excluding carboxylic acids is 1. The van der Waals surface area contributed by atoms with Gasteiger partial charge in [-0.2, -0.15) is 5.26 Å². The SMILES string of the molecule is CC1CC(NCc2ccc(N3CCCC(NC(=O)OC(C)(C)C)C3)cc2)CN(c2ccc(C#N)c3ncccc23)C1. The van der Waals surface area contributed by atoms with Crippen LogP contribution in [0.25, 0.3) is 10.9 Å². The Morgan fingerprint density at radius 1 is 1.07 bits per heavy atom. The van der Waals surface area contributed by atoms with Crippen molar-refractivity contribution >= 4 is 28.4 Å². The number of aromatic nitrogens is 1. The van der Waals surface area contributed by atoms with E-state index in [1.807, 2.05) is 32.9 Å². The molecule has 0 saturated carbocycles. The molecular formula is C33H42N6O2. The Labute approximate surface area is 243 Å². The number of pyridine rings is 1. The quantitative estimate of drug-likeness (QED) is 0.409. The topological polar surface area (TPSA) is 93.5 Å². The number of anilines is 2. The van der Waals surface area contributed by atoms with Crippen LogP contribution in [0.15, 0.2) is 54.7 Å². The summed E-state index contributed by atoms with van der Waals surface area (Å²) in [6.45, 7) is 12.4. The molecule has 8 heteroatoms. The molecule has 3 unspecified atom stereocenters. The maximum Gasteiger partial charge on any atom is 0.407 e. The van der Waals surface area contributed by atoms with E-state index < -0.39 is 5.60 Å². The van der Waals surface area contributed by atoms with Gasteiger partial charge in [0.25, 0.3) is 0 Å². The summed E-state index contributed by atoms with van der Waals surface area (Å²) in [5.41, 5.74) is 4.49. The van der Waals surface area contributed by atoms with Crippen molar-refractivity contribution in [3.63, 3.8) is 0 Å². The molecule has 1 amide bonds. The van der Waals surface area contributed by atoms with E-state index in [0.29, 0.717) is 17.5 Å². The summed E-state index contributed by atoms with van der Waals surface area (Å²) in [6, 6.07) is 19.5. The molecule has 2 saturated heterocycles. The molecule has 0 radical (unpaired) electrons. The number of carbonyl (C=O) groups is 1. The number of hydrogen-bond donors (Lipinski definition) is 2. The molecule has 2 aliphatic heterocycles. The third kappa shape index (κ3) is 7.28. The highest BCUT2D eigenvalue weighted by Gasteiger charge is 2.27. The van der Waals surface area contributed by atoms with Crippen molar-refractivity contribution in [3.05, 3.63) is 65.9 Å². The highest BCUT2D eigenvalue weighted by atomic mass is 16.6. The van der Waals surface area contributed by atoms with Crippen LogP contribution in [-0.4, -0.2) is 54.9 Å². The molecule has 216 valence electrons. The Morgan fingerprint density at radius 3 is 2.61 bits per heavy atom. The minimum absolute atomic E-state index is 0.0835. The summed E-state index contributed by atoms with van der Waals surface area (Å²) in [4.78, 5) is 21.5. The summed E-state index contributed by atoms with van der Waals surface area (Å²) in [6.07, 6.45) is 4.53. The first-order valence-electron chi connectivity index (χ1n) is 14.8. The van der Waals surface area contributed by atoms with Crippen LogP contribution in [-0.2, 0) is 11.3 Å². The standard InChI is InChI=1S/C33H42N6O2/c1-23-17-27(22-39(20-23)30-14-11-25(18-34)31-29(30)8-5-15-35-31)36-19-24-9-12-28(13-10-24)38-16-6-7-26(21-38)37-32(40)41-33(2,3)4/h5,8-15,23,26-27,36H,6-7,16-17,19-22H2,1-4H3,(H,37,40). The average molecular weight is 555 g/mol. The number of amides is 1. The summed E-state index contributed by atoms with van der Waals surface area (Å²) in [7, 11) is 0. The van der Waals surface area contributed by atoms with Crippen LogP contribution in [0.2, 0.25) is 0 Å². The van der Waals surface area contributed by atoms with Crippen molar-refractivity contribution in [1.29, 1.82) is 5.26 Å². The summed E-state index contributed by atoms with van der Waals surface area (Å²) < 4.78 is 5.45. The van der Waals surface area contributed by atoms with E-state index in [-0.39, 0.29) is 12.1 Å². The predicted octanol–water partition coefficient (Wildman–Crippen LogP) is 5.60. The first-order valence-corrected chi connectivity index (χ1v) is 14.8. The van der Waals surface area contributed by atoms with E-state index in [4.69, 9.17) is 4.74 Å². The maximum absolute atomic E-state index is 12.2. The van der Waals surface area contributed by atoms with Gasteiger partial charge in [-0.25, -0.2) is 4.79 Å². The lowest BCUT2D eigenvalue weighted by Gasteiger charge is -2.39. The van der Waals surface area contributed by atoms with Gasteiger partial charge in [0.2, 0.25) is 0 Å². The molecule has 3 aromatic rings. The van der Waals surface area contributed by atoms with Crippen molar-refractivity contribution in [2.75, 3.05) is 36.0 Å². The summed E-state index contributed by atoms with van der Waals surface area (Å²) in [5, 5.41) is 17.4. The van der Waals surface area contributed by atoms with E-state index >= 15 is 0 Å². The molecule has 0 spiro atoms. The number of nitrogens with zero attached hydrogens (tertiary/aromatic N) is 4. The van der Waals surface area contributed by atoms with Crippen LogP contribution in [0.5, 0.6) is 0 Å². The van der Waals surface area contributed by atoms with Gasteiger partial charge >= 0.3 is 6.09 Å². The van der Waals surface area contributed by atoms with Gasteiger partial charge in [-0.15, -0.1) is 0 Å². The second-order valence-corrected chi connectivity index (χ2v) is 12.6. The summed E-state index contributed by atoms with van der Waals surface area (Å²) >= 11 is 0. The van der Waals surface area contributed by atoms with Gasteiger partial charge in [0.1, 0.15) is 11.7 Å². The number of ether oxygens (including phenoxy) is 1. The lowest BCUT2D eigenvalue weighted by atomic mass is 9.94. The molecule has 0 aliphatic carbocycles. The Hall–Kier alpha value is -3.83. The highest BCUT2D eigenvalue weighted by Crippen LogP contribution is 2.31. The molecule has 8 nitrogen and oxygen atoms in total. The molecule has 41 heavy (non-hydrogen) atoms. The normalized spacial score (nSPS) is 21.4. The van der Waals surface area contributed by atoms with Gasteiger partial charge in [0.05, 0.1) is 11.1 Å². The number of benzene rings is 2. The van der Waals surface area contributed by atoms with Crippen molar-refractivity contribution in [3.8, 4) is 6.07 Å². The monoisotopic (exact) mass is 554 g/mol. The first kappa shape index (κ1) is 28.7. The Bertz CT molecular complexity index is 1390. The fourth-order valence-corrected chi connectivity index (χ4v) is 6.11. The Kier molecular flexibility index (Phi) is 8.65. The summed E-state index contributed by atoms with van der Waals surface area (Å²) in [5.74, 6) is 0.548. The number of piperidine rings is 2. The van der Waals surface area contributed by atoms with Crippen LogP contribution < -0.4 is 20.4 Å². The maximum atomic E-state index is 12.2. The van der Waals surface area contributed by atoms with Gasteiger partial charge in [-0.1, -0.05) is 19.1 Å². The van der Waals surface area contributed by atoms with Crippen LogP contribution in [0, 0.1) is 17.2 Å². The zero-order valence-corrected chi connectivity index (χ0v) is 24.7. The van der Waals surface area contributed by atoms with Crippen LogP contribution in [0.1, 0.15) is 58.1 Å². The third-order valence-corrected chi connectivity index (χ3v) is 7.91. The van der Waals surface area contributed by atoms with Gasteiger partial charge in [0.15, 0.2) is 0 Å². The lowest BCUT2D eigenvalue weighted by molar-refractivity contribution is 0.0500. The molecule has 2 aromatic carbocycles. The highest BCUT2D eigenvalue weighted by molar-refractivity contribution is 5.95. The Morgan fingerprint density at radius 2 is 1.85 bits per heavy atom. The zero-order valence-electron chi connectivity index (χ0n) is 24.7. The molecule has 0 bridgehead atoms. The smallest absolute Gasteiger partial charge is 0.407 e. The number of nitriles is 1. The van der Waals surface area contributed by atoms with Gasteiger partial charge < -0.3 is 25.2 Å². The molecule has 5 rings (SSSR count). The van der Waals surface area contributed by atoms with Gasteiger partial charge in [-0.3, -0.25) is 4.98 Å². The first-order chi connectivity index (χ1) is 19.7. The number of nitrogens with one attached hydrogen (secondary N) is 2. The number of rotatable bonds is 6. The minimum Gasteiger partial charge on any atom is -0.444 e. The van der Waals surface area contributed by atoms with Crippen molar-refractivity contribution in [2.24, 2.45) is 5.92 Å². The molecule has 1 aromatic heterocycles. The molecule has 3 atom stereocenters. The molecular weight excluding hydrogens is 512 g/mol. The van der Waals surface area contributed by atoms with E-state index in [1.165, 1.54) is 11.3 Å². The van der Waals surface area contributed by atoms with Crippen molar-refractivity contribution in [1.82, 2.24) is 15.6 Å². The van der Waals surface area contributed by atoms with Crippen LogP contribution in [0.3, 0.4) is 0 Å². The van der Waals surface area contributed by atoms with Gasteiger partial charge in [-0.05, 0) is 87.9 Å². The zero-order chi connectivity index (χ0) is 29.0. The second-order valence-electron chi connectivity index (χ2n) is 12.6. The van der Waals surface area contributed by atoms with Crippen LogP contribution in [0.4, 0.5) is 16.2 Å².